The summed E-state index contributed by atoms with van der Waals surface area (Å²) in [6, 6.07) is 14.5. The summed E-state index contributed by atoms with van der Waals surface area (Å²) in [5.41, 5.74) is 3.07. The number of hydrogen-bond donors (Lipinski definition) is 2. The van der Waals surface area contributed by atoms with Crippen LogP contribution in [0.15, 0.2) is 48.5 Å². The van der Waals surface area contributed by atoms with E-state index in [1.165, 1.54) is 0 Å². The van der Waals surface area contributed by atoms with E-state index in [4.69, 9.17) is 0 Å². The maximum atomic E-state index is 12.8. The zero-order chi connectivity index (χ0) is 20.0. The molecule has 1 atom stereocenters. The number of nitrogens with one attached hydrogen (secondary N) is 1. The fourth-order valence-corrected chi connectivity index (χ4v) is 4.03. The van der Waals surface area contributed by atoms with Crippen molar-refractivity contribution in [2.24, 2.45) is 0 Å². The fraction of sp³-hybridized carbons (Fsp3) is 0.238. The van der Waals surface area contributed by atoms with Crippen LogP contribution in [0.25, 0.3) is 0 Å². The second-order valence-electron chi connectivity index (χ2n) is 6.18. The molecule has 0 heterocycles. The average molecular weight is 493 g/mol. The molecule has 27 heavy (non-hydrogen) atoms. The monoisotopic (exact) mass is 495 g/mol. The second-order valence-corrected chi connectivity index (χ2v) is 7.92. The molecule has 0 aromatic heterocycles. The fourth-order valence-electron chi connectivity index (χ4n) is 2.76. The number of aliphatic hydroxyl groups excluding tert-OH is 1. The molecule has 0 saturated carbocycles. The van der Waals surface area contributed by atoms with E-state index in [0.29, 0.717) is 18.4 Å². The van der Waals surface area contributed by atoms with E-state index in [1.54, 1.807) is 19.1 Å². The Hall–Kier alpha value is -1.84. The van der Waals surface area contributed by atoms with E-state index >= 15 is 0 Å². The number of aliphatic hydroxyl groups is 1. The number of hydrogen-bond acceptors (Lipinski definition) is 3. The molecule has 4 nitrogen and oxygen atoms in total. The molecule has 0 fully saturated rings. The summed E-state index contributed by atoms with van der Waals surface area (Å²) in [6.07, 6.45) is 0.908. The van der Waals surface area contributed by atoms with Gasteiger partial charge < -0.3 is 0 Å². The molecule has 140 valence electrons. The van der Waals surface area contributed by atoms with E-state index in [1.807, 2.05) is 43.3 Å². The van der Waals surface area contributed by atoms with Crippen LogP contribution < -0.4 is 5.32 Å². The first kappa shape index (κ1) is 21.5. The molecular formula is C21H21NO3Se2. The molecule has 0 saturated heterocycles. The van der Waals surface area contributed by atoms with E-state index in [-0.39, 0.29) is 16.3 Å². The molecule has 0 aliphatic carbocycles. The van der Waals surface area contributed by atoms with Crippen LogP contribution in [0.2, 0.25) is 0 Å². The zero-order valence-electron chi connectivity index (χ0n) is 15.2. The van der Waals surface area contributed by atoms with Gasteiger partial charge in [-0.2, -0.15) is 0 Å². The van der Waals surface area contributed by atoms with Crippen molar-refractivity contribution in [3.8, 4) is 0 Å². The Morgan fingerprint density at radius 3 is 2.11 bits per heavy atom. The van der Waals surface area contributed by atoms with Crippen LogP contribution in [0.5, 0.6) is 0 Å². The van der Waals surface area contributed by atoms with Crippen molar-refractivity contribution in [3.63, 3.8) is 0 Å². The van der Waals surface area contributed by atoms with Gasteiger partial charge in [0.05, 0.1) is 0 Å². The number of carbonyl (C=O) groups excluding carboxylic acids is 2. The Bertz CT molecular complexity index is 893. The Balaban J connectivity index is 2.41. The summed E-state index contributed by atoms with van der Waals surface area (Å²) >= 11 is 5.62. The molecule has 0 aliphatic rings. The predicted molar refractivity (Wildman–Crippen MR) is 110 cm³/mol. The summed E-state index contributed by atoms with van der Waals surface area (Å²) in [7, 11) is 0. The van der Waals surface area contributed by atoms with Crippen LogP contribution in [0, 0.1) is 0 Å². The van der Waals surface area contributed by atoms with Crippen molar-refractivity contribution in [1.82, 2.24) is 5.32 Å². The summed E-state index contributed by atoms with van der Waals surface area (Å²) in [5.74, 6) is -0.187. The number of benzene rings is 2. The molecule has 2 aromatic rings. The Kier molecular flexibility index (Phi) is 7.88. The minimum absolute atomic E-state index is 0.0578. The van der Waals surface area contributed by atoms with Crippen LogP contribution in [-0.4, -0.2) is 63.0 Å². The Labute approximate surface area is 175 Å². The van der Waals surface area contributed by atoms with Gasteiger partial charge in [0, 0.05) is 0 Å². The Morgan fingerprint density at radius 1 is 1.00 bits per heavy atom. The van der Waals surface area contributed by atoms with Crippen LogP contribution in [0.1, 0.15) is 47.3 Å². The molecule has 0 aliphatic heterocycles. The van der Waals surface area contributed by atoms with E-state index in [0.717, 1.165) is 21.1 Å². The van der Waals surface area contributed by atoms with Crippen molar-refractivity contribution in [2.75, 3.05) is 0 Å². The third-order valence-corrected chi connectivity index (χ3v) is 5.65. The summed E-state index contributed by atoms with van der Waals surface area (Å²) in [5, 5.41) is 12.5. The van der Waals surface area contributed by atoms with Crippen molar-refractivity contribution in [1.29, 1.82) is 0 Å². The van der Waals surface area contributed by atoms with Gasteiger partial charge in [0.2, 0.25) is 0 Å². The van der Waals surface area contributed by atoms with Gasteiger partial charge in [-0.1, -0.05) is 0 Å². The van der Waals surface area contributed by atoms with E-state index in [9.17, 15) is 14.7 Å². The quantitative estimate of drug-likeness (QED) is 0.551. The third kappa shape index (κ3) is 5.57. The number of amides is 1. The molecule has 0 radical (unpaired) electrons. The maximum absolute atomic E-state index is 12.8. The molecular weight excluding hydrogens is 472 g/mol. The van der Waals surface area contributed by atoms with Crippen LogP contribution in [-0.2, 0) is 11.2 Å². The summed E-state index contributed by atoms with van der Waals surface area (Å²) < 4.78 is 0.865. The molecule has 0 spiro atoms. The first-order chi connectivity index (χ1) is 12.8. The summed E-state index contributed by atoms with van der Waals surface area (Å²) in [6.45, 7) is 3.44. The molecule has 2 N–H and O–H groups in total. The molecule has 6 heteroatoms. The van der Waals surface area contributed by atoms with E-state index < -0.39 is 6.04 Å². The normalized spacial score (nSPS) is 11.5. The average Bonchev–Trinajstić information content (AvgIpc) is 2.65. The van der Waals surface area contributed by atoms with Gasteiger partial charge >= 0.3 is 175 Å². The van der Waals surface area contributed by atoms with Gasteiger partial charge in [-0.3, -0.25) is 0 Å². The minimum atomic E-state index is -0.445. The van der Waals surface area contributed by atoms with Crippen LogP contribution in [0.3, 0.4) is 0 Å². The number of ketones is 1. The van der Waals surface area contributed by atoms with Gasteiger partial charge in [0.25, 0.3) is 0 Å². The zero-order valence-corrected chi connectivity index (χ0v) is 18.6. The van der Waals surface area contributed by atoms with Gasteiger partial charge in [-0.25, -0.2) is 0 Å². The topological polar surface area (TPSA) is 66.4 Å². The Morgan fingerprint density at radius 2 is 1.56 bits per heavy atom. The van der Waals surface area contributed by atoms with E-state index in [2.05, 4.69) is 36.5 Å². The third-order valence-electron chi connectivity index (χ3n) is 4.13. The van der Waals surface area contributed by atoms with Crippen molar-refractivity contribution < 1.29 is 14.7 Å². The van der Waals surface area contributed by atoms with Crippen molar-refractivity contribution in [3.05, 3.63) is 70.8 Å². The first-order valence-electron chi connectivity index (χ1n) is 8.59. The number of carbonyl (C=O) groups is 2. The van der Waals surface area contributed by atoms with Gasteiger partial charge in [0.15, 0.2) is 0 Å². The van der Waals surface area contributed by atoms with Gasteiger partial charge in [-0.15, -0.1) is 0 Å². The predicted octanol–water partition coefficient (Wildman–Crippen LogP) is 1.73. The SMILES string of the molecule is CCC(NC(=O)c1ccccc1C(=[Se])c1ccccc1CC(C)=O)C(O)=[Se]. The second kappa shape index (κ2) is 9.91. The van der Waals surface area contributed by atoms with Gasteiger partial charge in [0.1, 0.15) is 0 Å². The van der Waals surface area contributed by atoms with Crippen molar-refractivity contribution >= 4 is 51.9 Å². The number of rotatable bonds is 8. The molecule has 1 unspecified atom stereocenters. The van der Waals surface area contributed by atoms with Gasteiger partial charge in [-0.05, 0) is 0 Å². The standard InChI is InChI=1S/C21H21NO3Se2/c1-3-18(21(25)27)22-20(24)17-11-7-6-10-16(17)19(26)15-9-5-4-8-14(15)12-13(2)23/h4-11,18H,3,12H2,1-2H3,(H,22,24)(H,25,27). The summed E-state index contributed by atoms with van der Waals surface area (Å²) in [4.78, 5) is 24.4. The molecule has 2 aromatic carbocycles. The molecule has 0 bridgehead atoms. The number of Topliss-reactive ketones (excluding diaryl/α,β-unsaturated/α-hetero) is 1. The van der Waals surface area contributed by atoms with Crippen molar-refractivity contribution in [2.45, 2.75) is 32.7 Å². The molecule has 1 amide bonds. The first-order valence-corrected chi connectivity index (χ1v) is 10.3. The molecule has 2 rings (SSSR count). The van der Waals surface area contributed by atoms with Crippen LogP contribution in [0.4, 0.5) is 0 Å². The van der Waals surface area contributed by atoms with Crippen LogP contribution >= 0.6 is 0 Å².